The SMILES string of the molecule is CC(C(=O)C(C)c1cccc(-c2ccc3ncc(N4CCCCC4)nc3c2)c1)c1cccc(-c2ccc3ncc(N4CCCCC4)nc3c2)c1. The number of Topliss-reactive ketones (excluding diaryl/α,β-unsaturated/α-hetero) is 1. The standard InChI is InChI=1S/C43H44N6O/c1-29(31-11-9-13-33(23-31)35-15-17-37-39(25-35)46-41(27-44-37)48-19-5-3-6-20-48)43(50)30(2)32-12-10-14-34(24-32)36-16-18-38-40(26-36)47-42(28-45-38)49-21-7-4-8-22-49/h9-18,23-30H,3-8,19-22H2,1-2H3. The summed E-state index contributed by atoms with van der Waals surface area (Å²) in [5, 5.41) is 0. The van der Waals surface area contributed by atoms with E-state index in [-0.39, 0.29) is 17.6 Å². The first-order chi connectivity index (χ1) is 24.5. The maximum absolute atomic E-state index is 14.0. The monoisotopic (exact) mass is 660 g/mol. The Balaban J connectivity index is 1.01. The van der Waals surface area contributed by atoms with Crippen molar-refractivity contribution in [2.24, 2.45) is 0 Å². The number of carbonyl (C=O) groups excluding carboxylic acids is 1. The highest BCUT2D eigenvalue weighted by Gasteiger charge is 2.24. The van der Waals surface area contributed by atoms with Gasteiger partial charge in [0.05, 0.1) is 34.5 Å². The number of rotatable bonds is 8. The minimum atomic E-state index is -0.260. The second kappa shape index (κ2) is 14.0. The van der Waals surface area contributed by atoms with Crippen molar-refractivity contribution in [2.75, 3.05) is 36.0 Å². The van der Waals surface area contributed by atoms with Gasteiger partial charge >= 0.3 is 0 Å². The van der Waals surface area contributed by atoms with Crippen molar-refractivity contribution in [3.63, 3.8) is 0 Å². The van der Waals surface area contributed by atoms with Crippen LogP contribution in [0.3, 0.4) is 0 Å². The van der Waals surface area contributed by atoms with Gasteiger partial charge in [-0.2, -0.15) is 0 Å². The molecule has 2 aliphatic rings. The number of aromatic nitrogens is 4. The maximum atomic E-state index is 14.0. The Morgan fingerprint density at radius 3 is 1.38 bits per heavy atom. The third-order valence-electron chi connectivity index (χ3n) is 10.7. The van der Waals surface area contributed by atoms with Crippen LogP contribution >= 0.6 is 0 Å². The van der Waals surface area contributed by atoms with Gasteiger partial charge in [-0.3, -0.25) is 14.8 Å². The van der Waals surface area contributed by atoms with Gasteiger partial charge in [0.15, 0.2) is 0 Å². The fourth-order valence-electron chi connectivity index (χ4n) is 7.59. The lowest BCUT2D eigenvalue weighted by Gasteiger charge is -2.27. The fraction of sp³-hybridized carbons (Fsp3) is 0.326. The number of hydrogen-bond acceptors (Lipinski definition) is 7. The highest BCUT2D eigenvalue weighted by Crippen LogP contribution is 2.33. The van der Waals surface area contributed by atoms with E-state index in [1.807, 2.05) is 38.4 Å². The van der Waals surface area contributed by atoms with Crippen LogP contribution < -0.4 is 9.80 Å². The summed E-state index contributed by atoms with van der Waals surface area (Å²) in [7, 11) is 0. The molecule has 8 rings (SSSR count). The predicted octanol–water partition coefficient (Wildman–Crippen LogP) is 9.36. The molecule has 0 amide bonds. The van der Waals surface area contributed by atoms with Crippen molar-refractivity contribution < 1.29 is 4.79 Å². The second-order valence-corrected chi connectivity index (χ2v) is 14.1. The number of carbonyl (C=O) groups is 1. The van der Waals surface area contributed by atoms with Crippen LogP contribution in [0.2, 0.25) is 0 Å². The molecular formula is C43H44N6O. The van der Waals surface area contributed by atoms with Crippen LogP contribution in [0, 0.1) is 0 Å². The largest absolute Gasteiger partial charge is 0.355 e. The summed E-state index contributed by atoms with van der Waals surface area (Å²) in [6, 6.07) is 29.3. The summed E-state index contributed by atoms with van der Waals surface area (Å²) in [4.78, 5) is 38.1. The summed E-state index contributed by atoms with van der Waals surface area (Å²) in [5.41, 5.74) is 9.92. The Morgan fingerprint density at radius 2 is 0.940 bits per heavy atom. The van der Waals surface area contributed by atoms with Gasteiger partial charge < -0.3 is 9.80 Å². The van der Waals surface area contributed by atoms with Crippen LogP contribution in [0.25, 0.3) is 44.3 Å². The molecule has 4 heterocycles. The molecule has 0 N–H and O–H groups in total. The highest BCUT2D eigenvalue weighted by molar-refractivity contribution is 5.92. The van der Waals surface area contributed by atoms with Gasteiger partial charge in [0.1, 0.15) is 17.4 Å². The molecule has 0 radical (unpaired) electrons. The van der Waals surface area contributed by atoms with Crippen molar-refractivity contribution in [2.45, 2.75) is 64.2 Å². The van der Waals surface area contributed by atoms with Gasteiger partial charge in [-0.25, -0.2) is 9.97 Å². The van der Waals surface area contributed by atoms with E-state index < -0.39 is 0 Å². The van der Waals surface area contributed by atoms with Gasteiger partial charge in [0.25, 0.3) is 0 Å². The van der Waals surface area contributed by atoms with E-state index in [0.29, 0.717) is 0 Å². The number of nitrogens with zero attached hydrogens (tertiary/aromatic N) is 6. The lowest BCUT2D eigenvalue weighted by Crippen LogP contribution is -2.30. The first-order valence-electron chi connectivity index (χ1n) is 18.3. The zero-order valence-electron chi connectivity index (χ0n) is 29.1. The normalized spacial score (nSPS) is 16.4. The Hall–Kier alpha value is -5.17. The predicted molar refractivity (Wildman–Crippen MR) is 204 cm³/mol. The van der Waals surface area contributed by atoms with E-state index in [1.165, 1.54) is 38.5 Å². The van der Waals surface area contributed by atoms with Crippen molar-refractivity contribution >= 4 is 39.5 Å². The quantitative estimate of drug-likeness (QED) is 0.161. The molecule has 7 nitrogen and oxygen atoms in total. The van der Waals surface area contributed by atoms with Gasteiger partial charge in [-0.05, 0) is 96.2 Å². The number of hydrogen-bond donors (Lipinski definition) is 0. The number of anilines is 2. The molecule has 0 spiro atoms. The number of ketones is 1. The van der Waals surface area contributed by atoms with E-state index >= 15 is 0 Å². The third-order valence-corrected chi connectivity index (χ3v) is 10.7. The molecule has 2 unspecified atom stereocenters. The van der Waals surface area contributed by atoms with Crippen LogP contribution in [0.4, 0.5) is 11.6 Å². The lowest BCUT2D eigenvalue weighted by atomic mass is 9.84. The van der Waals surface area contributed by atoms with Crippen LogP contribution in [0.5, 0.6) is 0 Å². The van der Waals surface area contributed by atoms with Crippen LogP contribution in [0.1, 0.15) is 75.3 Å². The molecule has 0 bridgehead atoms. The van der Waals surface area contributed by atoms with Crippen molar-refractivity contribution in [3.05, 3.63) is 108 Å². The van der Waals surface area contributed by atoms with E-state index in [2.05, 4.69) is 82.6 Å². The van der Waals surface area contributed by atoms with E-state index in [4.69, 9.17) is 19.9 Å². The molecule has 6 aromatic rings. The molecular weight excluding hydrogens is 617 g/mol. The van der Waals surface area contributed by atoms with Gasteiger partial charge in [0.2, 0.25) is 0 Å². The van der Waals surface area contributed by atoms with Crippen LogP contribution in [-0.4, -0.2) is 51.9 Å². The van der Waals surface area contributed by atoms with Crippen molar-refractivity contribution in [1.29, 1.82) is 0 Å². The average molecular weight is 661 g/mol. The summed E-state index contributed by atoms with van der Waals surface area (Å²) in [5.74, 6) is 1.59. The second-order valence-electron chi connectivity index (χ2n) is 14.1. The highest BCUT2D eigenvalue weighted by atomic mass is 16.1. The first-order valence-corrected chi connectivity index (χ1v) is 18.3. The summed E-state index contributed by atoms with van der Waals surface area (Å²) in [6.45, 7) is 8.20. The Kier molecular flexibility index (Phi) is 8.97. The Labute approximate surface area is 294 Å². The fourth-order valence-corrected chi connectivity index (χ4v) is 7.59. The zero-order valence-corrected chi connectivity index (χ0v) is 29.1. The van der Waals surface area contributed by atoms with E-state index in [1.54, 1.807) is 0 Å². The molecule has 2 aliphatic heterocycles. The molecule has 0 saturated carbocycles. The molecule has 4 aromatic carbocycles. The van der Waals surface area contributed by atoms with Crippen molar-refractivity contribution in [3.8, 4) is 22.3 Å². The number of fused-ring (bicyclic) bond motifs is 2. The minimum absolute atomic E-state index is 0.199. The smallest absolute Gasteiger partial charge is 0.147 e. The Bertz CT molecular complexity index is 2010. The molecule has 2 aromatic heterocycles. The van der Waals surface area contributed by atoms with Gasteiger partial charge in [-0.1, -0.05) is 74.5 Å². The van der Waals surface area contributed by atoms with Gasteiger partial charge in [-0.15, -0.1) is 0 Å². The molecule has 0 aliphatic carbocycles. The summed E-state index contributed by atoms with van der Waals surface area (Å²) >= 11 is 0. The Morgan fingerprint density at radius 1 is 0.520 bits per heavy atom. The van der Waals surface area contributed by atoms with E-state index in [9.17, 15) is 4.79 Å². The first kappa shape index (κ1) is 32.1. The lowest BCUT2D eigenvalue weighted by molar-refractivity contribution is -0.121. The van der Waals surface area contributed by atoms with E-state index in [0.717, 1.165) is 93.3 Å². The molecule has 2 atom stereocenters. The molecule has 2 saturated heterocycles. The third kappa shape index (κ3) is 6.57. The van der Waals surface area contributed by atoms with Crippen LogP contribution in [0.15, 0.2) is 97.3 Å². The van der Waals surface area contributed by atoms with Crippen LogP contribution in [-0.2, 0) is 4.79 Å². The zero-order chi connectivity index (χ0) is 34.0. The average Bonchev–Trinajstić information content (AvgIpc) is 3.20. The van der Waals surface area contributed by atoms with Gasteiger partial charge in [0, 0.05) is 38.0 Å². The topological polar surface area (TPSA) is 75.1 Å². The molecule has 2 fully saturated rings. The van der Waals surface area contributed by atoms with Crippen molar-refractivity contribution in [1.82, 2.24) is 19.9 Å². The molecule has 252 valence electrons. The number of piperidine rings is 2. The number of benzene rings is 4. The summed E-state index contributed by atoms with van der Waals surface area (Å²) < 4.78 is 0. The molecule has 50 heavy (non-hydrogen) atoms. The molecule has 7 heteroatoms. The minimum Gasteiger partial charge on any atom is -0.355 e. The summed E-state index contributed by atoms with van der Waals surface area (Å²) in [6.07, 6.45) is 11.2. The maximum Gasteiger partial charge on any atom is 0.147 e.